The van der Waals surface area contributed by atoms with Crippen LogP contribution in [0, 0.1) is 11.7 Å². The summed E-state index contributed by atoms with van der Waals surface area (Å²) in [6, 6.07) is 5.51. The van der Waals surface area contributed by atoms with E-state index in [4.69, 9.17) is 0 Å². The maximum Gasteiger partial charge on any atom is 0.324 e. The van der Waals surface area contributed by atoms with E-state index in [-0.39, 0.29) is 24.2 Å². The number of benzene rings is 1. The molecule has 6 nitrogen and oxygen atoms in total. The fourth-order valence-corrected chi connectivity index (χ4v) is 4.60. The number of carbonyl (C=O) groups excluding carboxylic acids is 1. The highest BCUT2D eigenvalue weighted by Gasteiger charge is 2.56. The van der Waals surface area contributed by atoms with Crippen molar-refractivity contribution in [3.63, 3.8) is 0 Å². The molecule has 2 saturated heterocycles. The van der Waals surface area contributed by atoms with Gasteiger partial charge in [-0.1, -0.05) is 19.1 Å². The molecule has 1 aromatic carbocycles. The number of rotatable bonds is 4. The molecule has 1 aromatic rings. The predicted molar refractivity (Wildman–Crippen MR) is 97.5 cm³/mol. The molecule has 27 heavy (non-hydrogen) atoms. The number of halogens is 1. The van der Waals surface area contributed by atoms with Crippen molar-refractivity contribution in [3.8, 4) is 0 Å². The number of likely N-dealkylation sites (tertiary alicyclic amines) is 2. The van der Waals surface area contributed by atoms with Crippen molar-refractivity contribution in [2.75, 3.05) is 20.1 Å². The molecule has 3 atom stereocenters. The molecule has 0 saturated carbocycles. The molecule has 0 radical (unpaired) electrons. The Morgan fingerprint density at radius 3 is 2.33 bits per heavy atom. The van der Waals surface area contributed by atoms with Crippen LogP contribution in [0.2, 0.25) is 0 Å². The number of piperidine rings is 1. The van der Waals surface area contributed by atoms with Gasteiger partial charge in [-0.2, -0.15) is 0 Å². The van der Waals surface area contributed by atoms with E-state index in [1.165, 1.54) is 12.1 Å². The summed E-state index contributed by atoms with van der Waals surface area (Å²) in [6.45, 7) is 2.77. The van der Waals surface area contributed by atoms with Gasteiger partial charge in [0.2, 0.25) is 5.91 Å². The lowest BCUT2D eigenvalue weighted by Gasteiger charge is -2.35. The molecule has 0 aliphatic carbocycles. The average Bonchev–Trinajstić information content (AvgIpc) is 2.96. The van der Waals surface area contributed by atoms with E-state index in [0.29, 0.717) is 32.4 Å². The molecule has 1 amide bonds. The van der Waals surface area contributed by atoms with Gasteiger partial charge in [-0.15, -0.1) is 0 Å². The van der Waals surface area contributed by atoms with E-state index < -0.39 is 23.5 Å². The Morgan fingerprint density at radius 1 is 1.22 bits per heavy atom. The first kappa shape index (κ1) is 19.8. The van der Waals surface area contributed by atoms with E-state index in [9.17, 15) is 24.2 Å². The minimum Gasteiger partial charge on any atom is -0.480 e. The zero-order valence-electron chi connectivity index (χ0n) is 15.8. The third-order valence-corrected chi connectivity index (χ3v) is 6.32. The zero-order chi connectivity index (χ0) is 19.8. The number of hydrogen-bond donors (Lipinski definition) is 2. The summed E-state index contributed by atoms with van der Waals surface area (Å²) in [5.74, 6) is -1.91. The van der Waals surface area contributed by atoms with Gasteiger partial charge < -0.3 is 15.1 Å². The largest absolute Gasteiger partial charge is 0.480 e. The van der Waals surface area contributed by atoms with Gasteiger partial charge in [0.15, 0.2) is 0 Å². The van der Waals surface area contributed by atoms with Crippen molar-refractivity contribution in [2.24, 2.45) is 5.92 Å². The summed E-state index contributed by atoms with van der Waals surface area (Å²) in [6.07, 6.45) is 1.27. The second kappa shape index (κ2) is 7.56. The molecule has 0 unspecified atom stereocenters. The third kappa shape index (κ3) is 3.46. The van der Waals surface area contributed by atoms with Gasteiger partial charge in [0.25, 0.3) is 0 Å². The molecule has 2 fully saturated rings. The maximum absolute atomic E-state index is 13.4. The zero-order valence-corrected chi connectivity index (χ0v) is 15.8. The van der Waals surface area contributed by atoms with Crippen molar-refractivity contribution in [1.29, 1.82) is 0 Å². The summed E-state index contributed by atoms with van der Waals surface area (Å²) in [5.41, 5.74) is -0.389. The molecule has 0 bridgehead atoms. The molecule has 148 valence electrons. The number of carbonyl (C=O) groups is 2. The Hall–Kier alpha value is -1.99. The Morgan fingerprint density at radius 2 is 1.81 bits per heavy atom. The van der Waals surface area contributed by atoms with Gasteiger partial charge in [0, 0.05) is 19.1 Å². The average molecular weight is 378 g/mol. The van der Waals surface area contributed by atoms with E-state index in [0.717, 1.165) is 5.56 Å². The first-order chi connectivity index (χ1) is 12.8. The van der Waals surface area contributed by atoms with Crippen LogP contribution in [-0.2, 0) is 9.59 Å². The number of carboxylic acids is 1. The molecule has 7 heteroatoms. The highest BCUT2D eigenvalue weighted by atomic mass is 19.1. The quantitative estimate of drug-likeness (QED) is 0.838. The van der Waals surface area contributed by atoms with Gasteiger partial charge >= 0.3 is 5.97 Å². The highest BCUT2D eigenvalue weighted by molar-refractivity contribution is 5.85. The van der Waals surface area contributed by atoms with Crippen LogP contribution in [0.15, 0.2) is 24.3 Å². The first-order valence-corrected chi connectivity index (χ1v) is 9.49. The normalized spacial score (nSPS) is 29.9. The SMILES string of the molecule is CC[C@@]1(C(=O)O)C[C@H](C(=O)N2CCC(O)CC2)[C@H](c2ccc(F)cc2)N1C. The van der Waals surface area contributed by atoms with Crippen LogP contribution >= 0.6 is 0 Å². The standard InChI is InChI=1S/C20H27FN2O4/c1-3-20(19(26)27)12-16(18(25)23-10-8-15(24)9-11-23)17(22(20)2)13-4-6-14(21)7-5-13/h4-7,15-17,24H,3,8-12H2,1-2H3,(H,26,27)/t16-,17-,20-/m0/s1. The van der Waals surface area contributed by atoms with Crippen molar-refractivity contribution < 1.29 is 24.2 Å². The first-order valence-electron chi connectivity index (χ1n) is 9.49. The van der Waals surface area contributed by atoms with Crippen molar-refractivity contribution in [2.45, 2.75) is 50.3 Å². The number of carboxylic acid groups (broad SMARTS) is 1. The summed E-state index contributed by atoms with van der Waals surface area (Å²) in [4.78, 5) is 28.9. The lowest BCUT2D eigenvalue weighted by atomic mass is 9.86. The number of hydrogen-bond acceptors (Lipinski definition) is 4. The van der Waals surface area contributed by atoms with Gasteiger partial charge in [-0.05, 0) is 50.4 Å². The summed E-state index contributed by atoms with van der Waals surface area (Å²) in [5, 5.41) is 19.6. The Balaban J connectivity index is 1.96. The lowest BCUT2D eigenvalue weighted by molar-refractivity contribution is -0.150. The Bertz CT molecular complexity index is 702. The summed E-state index contributed by atoms with van der Waals surface area (Å²) >= 11 is 0. The van der Waals surface area contributed by atoms with Crippen molar-refractivity contribution >= 4 is 11.9 Å². The molecule has 2 aliphatic rings. The Kier molecular flexibility index (Phi) is 5.53. The number of aliphatic hydroxyl groups excluding tert-OH is 1. The molecular formula is C20H27FN2O4. The van der Waals surface area contributed by atoms with Crippen LogP contribution in [0.5, 0.6) is 0 Å². The highest BCUT2D eigenvalue weighted by Crippen LogP contribution is 2.48. The molecule has 2 aliphatic heterocycles. The monoisotopic (exact) mass is 378 g/mol. The van der Waals surface area contributed by atoms with Crippen LogP contribution in [0.1, 0.15) is 44.2 Å². The van der Waals surface area contributed by atoms with Crippen LogP contribution in [0.25, 0.3) is 0 Å². The van der Waals surface area contributed by atoms with Crippen LogP contribution in [-0.4, -0.2) is 63.7 Å². The van der Waals surface area contributed by atoms with Crippen LogP contribution in [0.4, 0.5) is 4.39 Å². The van der Waals surface area contributed by atoms with Gasteiger partial charge in [0.05, 0.1) is 12.0 Å². The molecule has 2 N–H and O–H groups in total. The summed E-state index contributed by atoms with van der Waals surface area (Å²) < 4.78 is 13.4. The predicted octanol–water partition coefficient (Wildman–Crippen LogP) is 2.04. The minimum absolute atomic E-state index is 0.0837. The van der Waals surface area contributed by atoms with E-state index >= 15 is 0 Å². The smallest absolute Gasteiger partial charge is 0.324 e. The van der Waals surface area contributed by atoms with Crippen molar-refractivity contribution in [3.05, 3.63) is 35.6 Å². The fraction of sp³-hybridized carbons (Fsp3) is 0.600. The molecule has 0 spiro atoms. The van der Waals surface area contributed by atoms with E-state index in [1.807, 2.05) is 6.92 Å². The van der Waals surface area contributed by atoms with Gasteiger partial charge in [-0.3, -0.25) is 14.5 Å². The second-order valence-corrected chi connectivity index (χ2v) is 7.66. The van der Waals surface area contributed by atoms with Crippen LogP contribution < -0.4 is 0 Å². The molecular weight excluding hydrogens is 351 g/mol. The second-order valence-electron chi connectivity index (χ2n) is 7.66. The number of amides is 1. The lowest BCUT2D eigenvalue weighted by Crippen LogP contribution is -2.48. The number of nitrogens with zero attached hydrogens (tertiary/aromatic N) is 2. The van der Waals surface area contributed by atoms with Crippen LogP contribution in [0.3, 0.4) is 0 Å². The fourth-order valence-electron chi connectivity index (χ4n) is 4.60. The topological polar surface area (TPSA) is 81.1 Å². The minimum atomic E-state index is -1.13. The third-order valence-electron chi connectivity index (χ3n) is 6.32. The number of aliphatic hydroxyl groups is 1. The van der Waals surface area contributed by atoms with Gasteiger partial charge in [-0.25, -0.2) is 4.39 Å². The maximum atomic E-state index is 13.4. The molecule has 0 aromatic heterocycles. The Labute approximate surface area is 158 Å². The summed E-state index contributed by atoms with van der Waals surface area (Å²) in [7, 11) is 1.74. The molecule has 2 heterocycles. The number of aliphatic carboxylic acids is 1. The van der Waals surface area contributed by atoms with Gasteiger partial charge in [0.1, 0.15) is 11.4 Å². The molecule has 3 rings (SSSR count). The van der Waals surface area contributed by atoms with E-state index in [1.54, 1.807) is 29.0 Å². The van der Waals surface area contributed by atoms with E-state index in [2.05, 4.69) is 0 Å². The van der Waals surface area contributed by atoms with Crippen molar-refractivity contribution in [1.82, 2.24) is 9.80 Å². The number of likely N-dealkylation sites (N-methyl/N-ethyl adjacent to an activating group) is 1.